The van der Waals surface area contributed by atoms with Crippen LogP contribution in [0.15, 0.2) is 65.2 Å². The zero-order valence-corrected chi connectivity index (χ0v) is 21.1. The summed E-state index contributed by atoms with van der Waals surface area (Å²) in [6, 6.07) is 17.7. The number of benzene rings is 3. The number of ether oxygens (including phenoxy) is 3. The third-order valence-corrected chi connectivity index (χ3v) is 6.91. The molecule has 0 aliphatic carbocycles. The van der Waals surface area contributed by atoms with E-state index in [1.165, 1.54) is 19.1 Å². The number of nitrogens with one attached hydrogen (secondary N) is 1. The molecule has 1 N–H and O–H groups in total. The zero-order chi connectivity index (χ0) is 26.7. The van der Waals surface area contributed by atoms with Gasteiger partial charge in [0.2, 0.25) is 0 Å². The van der Waals surface area contributed by atoms with Gasteiger partial charge >= 0.3 is 5.97 Å². The molecule has 0 amide bonds. The Morgan fingerprint density at radius 3 is 2.79 bits per heavy atom. The van der Waals surface area contributed by atoms with E-state index in [-0.39, 0.29) is 17.8 Å². The lowest BCUT2D eigenvalue weighted by Gasteiger charge is -2.15. The van der Waals surface area contributed by atoms with E-state index in [9.17, 15) is 9.18 Å². The van der Waals surface area contributed by atoms with Crippen molar-refractivity contribution in [1.29, 1.82) is 0 Å². The molecule has 196 valence electrons. The molecule has 0 bridgehead atoms. The topological polar surface area (TPSA) is 101 Å². The summed E-state index contributed by atoms with van der Waals surface area (Å²) in [7, 11) is 0. The first-order valence-electron chi connectivity index (χ1n) is 12.5. The molecule has 4 heterocycles. The summed E-state index contributed by atoms with van der Waals surface area (Å²) in [5.74, 6) is 1.81. The Kier molecular flexibility index (Phi) is 5.29. The number of carbonyl (C=O) groups is 1. The number of nitrogens with zero attached hydrogens (tertiary/aromatic N) is 3. The Hall–Kier alpha value is -4.86. The van der Waals surface area contributed by atoms with Gasteiger partial charge in [0.1, 0.15) is 42.0 Å². The van der Waals surface area contributed by atoms with Crippen LogP contribution in [-0.2, 0) is 9.53 Å². The maximum Gasteiger partial charge on any atom is 0.303 e. The van der Waals surface area contributed by atoms with E-state index in [2.05, 4.69) is 10.5 Å². The summed E-state index contributed by atoms with van der Waals surface area (Å²) in [4.78, 5) is 16.1. The second kappa shape index (κ2) is 8.87. The van der Waals surface area contributed by atoms with Crippen LogP contribution in [0.25, 0.3) is 28.2 Å². The van der Waals surface area contributed by atoms with Crippen LogP contribution < -0.4 is 14.8 Å². The van der Waals surface area contributed by atoms with Gasteiger partial charge in [-0.15, -0.1) is 0 Å². The van der Waals surface area contributed by atoms with Crippen LogP contribution in [0.4, 0.5) is 10.1 Å². The van der Waals surface area contributed by atoms with Crippen molar-refractivity contribution in [1.82, 2.24) is 14.7 Å². The van der Waals surface area contributed by atoms with Crippen LogP contribution in [0.1, 0.15) is 36.0 Å². The molecule has 0 fully saturated rings. The summed E-state index contributed by atoms with van der Waals surface area (Å²) in [6.45, 7) is 3.88. The van der Waals surface area contributed by atoms with Crippen LogP contribution in [0, 0.1) is 12.7 Å². The first-order chi connectivity index (χ1) is 18.9. The predicted octanol–water partition coefficient (Wildman–Crippen LogP) is 5.67. The number of imidazole rings is 1. The Bertz CT molecular complexity index is 1760. The van der Waals surface area contributed by atoms with Gasteiger partial charge in [-0.25, -0.2) is 9.37 Å². The molecule has 39 heavy (non-hydrogen) atoms. The van der Waals surface area contributed by atoms with E-state index < -0.39 is 6.10 Å². The van der Waals surface area contributed by atoms with Crippen LogP contribution in [-0.4, -0.2) is 33.9 Å². The number of carbonyl (C=O) groups excluding carboxylic acids is 1. The molecule has 3 aromatic carbocycles. The Morgan fingerprint density at radius 1 is 1.08 bits per heavy atom. The van der Waals surface area contributed by atoms with E-state index in [0.717, 1.165) is 22.5 Å². The number of halogens is 1. The SMILES string of the molecule is CC(=O)O[C@@H]1COc2cc(N[C@@H]3COc4c3cccc4-n3c(-c4cc(C)on4)nc4ccc(F)cc43)ccc21. The van der Waals surface area contributed by atoms with E-state index in [0.29, 0.717) is 53.0 Å². The summed E-state index contributed by atoms with van der Waals surface area (Å²) in [6.07, 6.45) is -0.401. The molecule has 0 spiro atoms. The minimum absolute atomic E-state index is 0.145. The van der Waals surface area contributed by atoms with Gasteiger partial charge < -0.3 is 24.1 Å². The largest absolute Gasteiger partial charge is 0.489 e. The van der Waals surface area contributed by atoms with Gasteiger partial charge in [-0.3, -0.25) is 9.36 Å². The van der Waals surface area contributed by atoms with Crippen molar-refractivity contribution in [2.75, 3.05) is 18.5 Å². The van der Waals surface area contributed by atoms with Crippen molar-refractivity contribution in [3.8, 4) is 28.7 Å². The molecule has 2 aromatic heterocycles. The fraction of sp³-hybridized carbons (Fsp3) is 0.207. The molecule has 0 unspecified atom stereocenters. The molecule has 5 aromatic rings. The number of esters is 1. The Morgan fingerprint density at radius 2 is 1.97 bits per heavy atom. The van der Waals surface area contributed by atoms with Crippen molar-refractivity contribution in [3.05, 3.63) is 83.4 Å². The summed E-state index contributed by atoms with van der Waals surface area (Å²) in [5, 5.41) is 7.68. The minimum atomic E-state index is -0.401. The van der Waals surface area contributed by atoms with Gasteiger partial charge in [-0.1, -0.05) is 17.3 Å². The maximum absolute atomic E-state index is 14.4. The Labute approximate surface area is 222 Å². The second-order valence-corrected chi connectivity index (χ2v) is 9.59. The first kappa shape index (κ1) is 23.3. The molecule has 2 atom stereocenters. The molecule has 2 aliphatic rings. The van der Waals surface area contributed by atoms with Crippen LogP contribution >= 0.6 is 0 Å². The van der Waals surface area contributed by atoms with Crippen LogP contribution in [0.5, 0.6) is 11.5 Å². The number of para-hydroxylation sites is 1. The van der Waals surface area contributed by atoms with Gasteiger partial charge in [0.05, 0.1) is 22.8 Å². The summed E-state index contributed by atoms with van der Waals surface area (Å²) in [5.41, 5.74) is 5.13. The molecule has 7 rings (SSSR count). The Balaban J connectivity index is 1.26. The molecule has 2 aliphatic heterocycles. The minimum Gasteiger partial charge on any atom is -0.489 e. The van der Waals surface area contributed by atoms with Crippen molar-refractivity contribution < 1.29 is 27.9 Å². The third kappa shape index (κ3) is 3.96. The highest BCUT2D eigenvalue weighted by atomic mass is 19.1. The van der Waals surface area contributed by atoms with Gasteiger partial charge in [0.25, 0.3) is 0 Å². The highest BCUT2D eigenvalue weighted by Crippen LogP contribution is 2.43. The number of aryl methyl sites for hydroxylation is 1. The monoisotopic (exact) mass is 526 g/mol. The fourth-order valence-corrected chi connectivity index (χ4v) is 5.23. The van der Waals surface area contributed by atoms with Gasteiger partial charge in [0.15, 0.2) is 11.9 Å². The zero-order valence-electron chi connectivity index (χ0n) is 21.1. The number of rotatable bonds is 5. The molecular weight excluding hydrogens is 503 g/mol. The lowest BCUT2D eigenvalue weighted by Crippen LogP contribution is -2.12. The van der Waals surface area contributed by atoms with Gasteiger partial charge in [-0.2, -0.15) is 0 Å². The fourth-order valence-electron chi connectivity index (χ4n) is 5.23. The smallest absolute Gasteiger partial charge is 0.303 e. The van der Waals surface area contributed by atoms with Crippen molar-refractivity contribution in [2.24, 2.45) is 0 Å². The molecule has 0 saturated heterocycles. The highest BCUT2D eigenvalue weighted by molar-refractivity contribution is 5.84. The summed E-state index contributed by atoms with van der Waals surface area (Å²) < 4.78 is 38.9. The van der Waals surface area contributed by atoms with Gasteiger partial charge in [-0.05, 0) is 37.3 Å². The van der Waals surface area contributed by atoms with Crippen molar-refractivity contribution >= 4 is 22.7 Å². The molecule has 0 saturated carbocycles. The van der Waals surface area contributed by atoms with Crippen LogP contribution in [0.3, 0.4) is 0 Å². The second-order valence-electron chi connectivity index (χ2n) is 9.59. The average Bonchev–Trinajstić information content (AvgIpc) is 3.69. The molecule has 9 nitrogen and oxygen atoms in total. The number of fused-ring (bicyclic) bond motifs is 3. The normalized spacial score (nSPS) is 17.4. The van der Waals surface area contributed by atoms with Crippen LogP contribution in [0.2, 0.25) is 0 Å². The lowest BCUT2D eigenvalue weighted by molar-refractivity contribution is -0.147. The standard InChI is InChI=1S/C29H23FN4O5/c1-15-10-22(33-39-15)29-32-21-9-6-17(30)11-25(21)34(29)24-5-3-4-19-23(13-37-28(19)24)31-18-7-8-20-26(12-18)36-14-27(20)38-16(2)35/h3-12,23,27,31H,13-14H2,1-2H3/t23-,27-/m1/s1. The van der Waals surface area contributed by atoms with Gasteiger partial charge in [0, 0.05) is 41.9 Å². The number of hydrogen-bond acceptors (Lipinski definition) is 8. The maximum atomic E-state index is 14.4. The van der Waals surface area contributed by atoms with Crippen molar-refractivity contribution in [3.63, 3.8) is 0 Å². The number of aromatic nitrogens is 3. The predicted molar refractivity (Wildman–Crippen MR) is 140 cm³/mol. The number of anilines is 1. The van der Waals surface area contributed by atoms with E-state index in [1.54, 1.807) is 12.1 Å². The van der Waals surface area contributed by atoms with E-state index in [1.807, 2.05) is 47.9 Å². The molecular formula is C29H23FN4O5. The first-order valence-corrected chi connectivity index (χ1v) is 12.5. The summed E-state index contributed by atoms with van der Waals surface area (Å²) >= 11 is 0. The molecule has 10 heteroatoms. The number of hydrogen-bond donors (Lipinski definition) is 1. The quantitative estimate of drug-likeness (QED) is 0.293. The highest BCUT2D eigenvalue weighted by Gasteiger charge is 2.31. The van der Waals surface area contributed by atoms with Crippen molar-refractivity contribution in [2.45, 2.75) is 26.0 Å². The lowest BCUT2D eigenvalue weighted by atomic mass is 10.1. The molecule has 0 radical (unpaired) electrons. The third-order valence-electron chi connectivity index (χ3n) is 6.91. The van der Waals surface area contributed by atoms with E-state index in [4.69, 9.17) is 23.7 Å². The average molecular weight is 527 g/mol. The van der Waals surface area contributed by atoms with E-state index >= 15 is 0 Å².